The number of hydrogen-bond acceptors (Lipinski definition) is 11. The molecule has 0 aliphatic heterocycles. The van der Waals surface area contributed by atoms with Crippen molar-refractivity contribution in [2.45, 2.75) is 90.7 Å². The van der Waals surface area contributed by atoms with Gasteiger partial charge in [0.1, 0.15) is 23.2 Å². The minimum Gasteiger partial charge on any atom is -0.747 e. The number of likely N-dealkylation sites (N-methyl/N-ethyl adjacent to an activating group) is 1. The number of hydrogen-bond donors (Lipinski definition) is 0. The highest BCUT2D eigenvalue weighted by molar-refractivity contribution is 7.87. The molecular formula is C32H65NO11S. The number of carbonyl (C=O) groups excluding carboxylic acids is 2. The zero-order chi connectivity index (χ0) is 34.6. The van der Waals surface area contributed by atoms with Crippen LogP contribution in [0.3, 0.4) is 0 Å². The molecule has 0 aliphatic rings. The Hall–Kier alpha value is -1.35. The molecule has 0 saturated heterocycles. The van der Waals surface area contributed by atoms with Crippen molar-refractivity contribution in [3.05, 3.63) is 0 Å². The molecule has 0 radical (unpaired) electrons. The molecule has 0 aliphatic carbocycles. The number of nitrogens with zero attached hydrogens (tertiary/aromatic N) is 1. The number of ether oxygens (including phenoxy) is 6. The van der Waals surface area contributed by atoms with Crippen molar-refractivity contribution in [1.29, 1.82) is 0 Å². The predicted octanol–water partition coefficient (Wildman–Crippen LogP) is 4.20. The highest BCUT2D eigenvalue weighted by Crippen LogP contribution is 2.17. The maximum atomic E-state index is 12.1. The second-order valence-electron chi connectivity index (χ2n) is 11.9. The van der Waals surface area contributed by atoms with E-state index in [1.165, 1.54) is 0 Å². The molecule has 12 nitrogen and oxygen atoms in total. The molecule has 0 N–H and O–H groups in total. The molecule has 0 heterocycles. The lowest BCUT2D eigenvalue weighted by Crippen LogP contribution is -2.44. The quantitative estimate of drug-likeness (QED) is 0.0510. The highest BCUT2D eigenvalue weighted by atomic mass is 32.2. The van der Waals surface area contributed by atoms with E-state index >= 15 is 0 Å². The number of unbranched alkanes of at least 4 members (excludes halogenated alkanes) is 2. The summed E-state index contributed by atoms with van der Waals surface area (Å²) in [5, 5.41) is -2.06. The number of carbonyl (C=O) groups is 2. The predicted molar refractivity (Wildman–Crippen MR) is 174 cm³/mol. The van der Waals surface area contributed by atoms with E-state index < -0.39 is 33.7 Å². The van der Waals surface area contributed by atoms with Crippen LogP contribution in [0.1, 0.15) is 85.5 Å². The van der Waals surface area contributed by atoms with Crippen molar-refractivity contribution < 1.29 is 55.5 Å². The van der Waals surface area contributed by atoms with E-state index in [1.54, 1.807) is 14.2 Å². The zero-order valence-electron chi connectivity index (χ0n) is 29.5. The van der Waals surface area contributed by atoms with Gasteiger partial charge in [0.15, 0.2) is 5.25 Å². The number of esters is 2. The fourth-order valence-electron chi connectivity index (χ4n) is 4.04. The summed E-state index contributed by atoms with van der Waals surface area (Å²) >= 11 is 0. The van der Waals surface area contributed by atoms with Gasteiger partial charge in [-0.3, -0.25) is 9.59 Å². The summed E-state index contributed by atoms with van der Waals surface area (Å²) in [5.74, 6) is -1.74. The van der Waals surface area contributed by atoms with Crippen molar-refractivity contribution in [1.82, 2.24) is 0 Å². The van der Waals surface area contributed by atoms with Crippen molar-refractivity contribution >= 4 is 22.1 Å². The van der Waals surface area contributed by atoms with E-state index in [9.17, 15) is 22.6 Å². The summed E-state index contributed by atoms with van der Waals surface area (Å²) in [4.78, 5) is 24.1. The Morgan fingerprint density at radius 2 is 1.16 bits per heavy atom. The normalized spacial score (nSPS) is 13.8. The van der Waals surface area contributed by atoms with Gasteiger partial charge in [0.25, 0.3) is 0 Å². The Morgan fingerprint density at radius 1 is 0.711 bits per heavy atom. The number of quaternary nitrogens is 1. The van der Waals surface area contributed by atoms with E-state index in [2.05, 4.69) is 27.9 Å². The summed E-state index contributed by atoms with van der Waals surface area (Å²) in [5.41, 5.74) is 0. The Morgan fingerprint density at radius 3 is 1.53 bits per heavy atom. The van der Waals surface area contributed by atoms with Crippen LogP contribution in [0.2, 0.25) is 0 Å². The molecule has 0 bridgehead atoms. The van der Waals surface area contributed by atoms with Crippen LogP contribution in [0, 0.1) is 11.8 Å². The van der Waals surface area contributed by atoms with Crippen LogP contribution in [-0.4, -0.2) is 129 Å². The van der Waals surface area contributed by atoms with E-state index in [-0.39, 0.29) is 25.0 Å². The maximum absolute atomic E-state index is 12.1. The molecule has 0 aromatic carbocycles. The van der Waals surface area contributed by atoms with Crippen LogP contribution in [0.5, 0.6) is 0 Å². The lowest BCUT2D eigenvalue weighted by Gasteiger charge is -2.29. The summed E-state index contributed by atoms with van der Waals surface area (Å²) in [6.07, 6.45) is 6.58. The van der Waals surface area contributed by atoms with Gasteiger partial charge in [0, 0.05) is 14.2 Å². The zero-order valence-corrected chi connectivity index (χ0v) is 30.3. The molecule has 45 heavy (non-hydrogen) atoms. The van der Waals surface area contributed by atoms with Crippen molar-refractivity contribution in [3.63, 3.8) is 0 Å². The lowest BCUT2D eigenvalue weighted by atomic mass is 10.0. The molecule has 0 spiro atoms. The summed E-state index contributed by atoms with van der Waals surface area (Å²) < 4.78 is 66.2. The molecule has 3 unspecified atom stereocenters. The van der Waals surface area contributed by atoms with Gasteiger partial charge in [-0.1, -0.05) is 66.2 Å². The van der Waals surface area contributed by atoms with Crippen LogP contribution in [0.25, 0.3) is 0 Å². The standard InChI is InChI=1S/C20H38O7S.C12H28NO4/c1-5-9-11-16(7-3)14-26-19(21)13-18(28(23,24)25)20(22)27-15-17(8-4)12-10-6-2;1-13(2,5-7-16-11-9-14-3)6-8-17-12-10-15-4/h16-18H,5-15H2,1-4H3,(H,23,24,25);5-12H2,1-4H3/q;+1/p-1. The minimum atomic E-state index is -5.01. The van der Waals surface area contributed by atoms with Gasteiger partial charge >= 0.3 is 11.9 Å². The molecular weight excluding hydrogens is 606 g/mol. The van der Waals surface area contributed by atoms with E-state index in [4.69, 9.17) is 28.4 Å². The lowest BCUT2D eigenvalue weighted by molar-refractivity contribution is -0.891. The molecule has 0 saturated carbocycles. The van der Waals surface area contributed by atoms with E-state index in [1.807, 2.05) is 13.8 Å². The third kappa shape index (κ3) is 27.5. The van der Waals surface area contributed by atoms with Gasteiger partial charge < -0.3 is 37.5 Å². The fraction of sp³-hybridized carbons (Fsp3) is 0.938. The summed E-state index contributed by atoms with van der Waals surface area (Å²) in [7, 11) is 2.71. The Labute approximate surface area is 274 Å². The van der Waals surface area contributed by atoms with Gasteiger partial charge in [-0.25, -0.2) is 8.42 Å². The third-order valence-corrected chi connectivity index (χ3v) is 8.59. The largest absolute Gasteiger partial charge is 0.747 e. The maximum Gasteiger partial charge on any atom is 0.323 e. The highest BCUT2D eigenvalue weighted by Gasteiger charge is 2.31. The van der Waals surface area contributed by atoms with Crippen LogP contribution in [-0.2, 0) is 48.1 Å². The molecule has 0 aromatic rings. The first kappa shape index (κ1) is 45.8. The first-order chi connectivity index (χ1) is 21.3. The average Bonchev–Trinajstić information content (AvgIpc) is 2.99. The summed E-state index contributed by atoms with van der Waals surface area (Å²) in [6.45, 7) is 14.4. The molecule has 270 valence electrons. The van der Waals surface area contributed by atoms with Crippen LogP contribution < -0.4 is 0 Å². The van der Waals surface area contributed by atoms with Crippen LogP contribution in [0.15, 0.2) is 0 Å². The topological polar surface area (TPSA) is 147 Å². The first-order valence-electron chi connectivity index (χ1n) is 16.5. The van der Waals surface area contributed by atoms with Gasteiger partial charge in [-0.2, -0.15) is 0 Å². The molecule has 0 aromatic heterocycles. The molecule has 13 heteroatoms. The average molecular weight is 672 g/mol. The Bertz CT molecular complexity index is 808. The Kier molecular flexibility index (Phi) is 29.3. The third-order valence-electron chi connectivity index (χ3n) is 7.54. The van der Waals surface area contributed by atoms with Crippen molar-refractivity contribution in [3.8, 4) is 0 Å². The van der Waals surface area contributed by atoms with E-state index in [0.717, 1.165) is 82.2 Å². The van der Waals surface area contributed by atoms with Crippen LogP contribution >= 0.6 is 0 Å². The molecule has 3 atom stereocenters. The van der Waals surface area contributed by atoms with Gasteiger partial charge in [-0.15, -0.1) is 0 Å². The SMILES string of the molecule is CCCCC(CC)COC(=O)CC(C(=O)OCC(CC)CCCC)S(=O)(=O)[O-].COCCOCC[N+](C)(C)CCOCCOC. The minimum absolute atomic E-state index is 0.0470. The first-order valence-corrected chi connectivity index (χ1v) is 18.0. The monoisotopic (exact) mass is 671 g/mol. The molecule has 0 fully saturated rings. The second kappa shape index (κ2) is 28.8. The van der Waals surface area contributed by atoms with Gasteiger partial charge in [0.05, 0.1) is 73.4 Å². The fourth-order valence-corrected chi connectivity index (χ4v) is 4.68. The number of rotatable bonds is 28. The Balaban J connectivity index is 0. The van der Waals surface area contributed by atoms with Crippen molar-refractivity contribution in [2.75, 3.05) is 94.3 Å². The van der Waals surface area contributed by atoms with Gasteiger partial charge in [-0.05, 0) is 24.7 Å². The van der Waals surface area contributed by atoms with Crippen molar-refractivity contribution in [2.24, 2.45) is 11.8 Å². The second-order valence-corrected chi connectivity index (χ2v) is 13.5. The van der Waals surface area contributed by atoms with Crippen LogP contribution in [0.4, 0.5) is 0 Å². The van der Waals surface area contributed by atoms with Gasteiger partial charge in [0.2, 0.25) is 0 Å². The van der Waals surface area contributed by atoms with E-state index in [0.29, 0.717) is 26.4 Å². The number of methoxy groups -OCH3 is 2. The summed E-state index contributed by atoms with van der Waals surface area (Å²) in [6, 6.07) is 0. The molecule has 0 rings (SSSR count). The molecule has 0 amide bonds. The smallest absolute Gasteiger partial charge is 0.323 e.